The van der Waals surface area contributed by atoms with Gasteiger partial charge in [-0.05, 0) is 58.7 Å². The lowest BCUT2D eigenvalue weighted by molar-refractivity contribution is -0.113. The second kappa shape index (κ2) is 7.33. The molecule has 0 radical (unpaired) electrons. The molecule has 0 saturated heterocycles. The molecule has 0 saturated carbocycles. The molecule has 0 spiro atoms. The zero-order chi connectivity index (χ0) is 15.4. The summed E-state index contributed by atoms with van der Waals surface area (Å²) in [5.74, 6) is 0.289. The number of carbonyl (C=O) groups excluding carboxylic acids is 1. The molecule has 2 aromatic rings. The number of amides is 1. The van der Waals surface area contributed by atoms with E-state index in [1.165, 1.54) is 11.8 Å². The molecule has 6 heteroatoms. The molecule has 0 heterocycles. The lowest BCUT2D eigenvalue weighted by atomic mass is 10.2. The fourth-order valence-corrected chi connectivity index (χ4v) is 3.71. The van der Waals surface area contributed by atoms with Gasteiger partial charge in [-0.15, -0.1) is 11.8 Å². The van der Waals surface area contributed by atoms with Crippen molar-refractivity contribution in [2.24, 2.45) is 0 Å². The van der Waals surface area contributed by atoms with Crippen LogP contribution in [0.2, 0.25) is 0 Å². The van der Waals surface area contributed by atoms with Crippen molar-refractivity contribution in [3.8, 4) is 0 Å². The van der Waals surface area contributed by atoms with Gasteiger partial charge in [-0.1, -0.05) is 22.0 Å². The minimum absolute atomic E-state index is 0.0511. The van der Waals surface area contributed by atoms with Crippen LogP contribution >= 0.6 is 43.6 Å². The summed E-state index contributed by atoms with van der Waals surface area (Å²) in [5.41, 5.74) is 8.35. The van der Waals surface area contributed by atoms with Gasteiger partial charge < -0.3 is 11.1 Å². The molecule has 0 aliphatic heterocycles. The van der Waals surface area contributed by atoms with Crippen LogP contribution in [0.25, 0.3) is 0 Å². The molecule has 0 bridgehead atoms. The van der Waals surface area contributed by atoms with E-state index in [1.54, 1.807) is 0 Å². The molecule has 0 fully saturated rings. The average Bonchev–Trinajstić information content (AvgIpc) is 2.43. The number of thioether (sulfide) groups is 1. The van der Waals surface area contributed by atoms with Crippen LogP contribution < -0.4 is 11.1 Å². The number of nitrogens with one attached hydrogen (secondary N) is 1. The van der Waals surface area contributed by atoms with E-state index in [9.17, 15) is 4.79 Å². The molecule has 3 nitrogen and oxygen atoms in total. The standard InChI is InChI=1S/C15H14Br2N2OS/c1-9-2-4-11(18)7-14(9)21-8-15(20)19-13-5-3-10(16)6-12(13)17/h2-7H,8,18H2,1H3,(H,19,20). The van der Waals surface area contributed by atoms with Crippen LogP contribution in [0.4, 0.5) is 11.4 Å². The molecule has 2 rings (SSSR count). The average molecular weight is 430 g/mol. The molecular weight excluding hydrogens is 416 g/mol. The van der Waals surface area contributed by atoms with Gasteiger partial charge in [-0.25, -0.2) is 0 Å². The van der Waals surface area contributed by atoms with E-state index in [0.29, 0.717) is 11.4 Å². The molecule has 110 valence electrons. The monoisotopic (exact) mass is 428 g/mol. The lowest BCUT2D eigenvalue weighted by Gasteiger charge is -2.09. The van der Waals surface area contributed by atoms with Crippen LogP contribution in [0.3, 0.4) is 0 Å². The third kappa shape index (κ3) is 4.76. The Labute approximate surface area is 144 Å². The van der Waals surface area contributed by atoms with Crippen LogP contribution in [0, 0.1) is 6.92 Å². The maximum absolute atomic E-state index is 12.0. The number of halogens is 2. The first-order valence-corrected chi connectivity index (χ1v) is 8.76. The maximum Gasteiger partial charge on any atom is 0.234 e. The minimum atomic E-state index is -0.0511. The Hall–Kier alpha value is -0.980. The first-order chi connectivity index (χ1) is 9.95. The quantitative estimate of drug-likeness (QED) is 0.540. The van der Waals surface area contributed by atoms with Crippen LogP contribution in [0.1, 0.15) is 5.56 Å². The largest absolute Gasteiger partial charge is 0.399 e. The minimum Gasteiger partial charge on any atom is -0.399 e. The zero-order valence-electron chi connectivity index (χ0n) is 11.3. The Kier molecular flexibility index (Phi) is 5.72. The number of hydrogen-bond acceptors (Lipinski definition) is 3. The van der Waals surface area contributed by atoms with Crippen molar-refractivity contribution in [3.05, 3.63) is 50.9 Å². The van der Waals surface area contributed by atoms with Gasteiger partial charge in [0, 0.05) is 19.5 Å². The summed E-state index contributed by atoms with van der Waals surface area (Å²) in [6, 6.07) is 11.3. The second-order valence-electron chi connectivity index (χ2n) is 4.49. The summed E-state index contributed by atoms with van der Waals surface area (Å²) >= 11 is 8.29. The van der Waals surface area contributed by atoms with Crippen molar-refractivity contribution in [1.29, 1.82) is 0 Å². The number of anilines is 2. The molecule has 3 N–H and O–H groups in total. The zero-order valence-corrected chi connectivity index (χ0v) is 15.3. The van der Waals surface area contributed by atoms with E-state index < -0.39 is 0 Å². The van der Waals surface area contributed by atoms with Gasteiger partial charge >= 0.3 is 0 Å². The van der Waals surface area contributed by atoms with Crippen molar-refractivity contribution < 1.29 is 4.79 Å². The van der Waals surface area contributed by atoms with Gasteiger partial charge in [0.25, 0.3) is 0 Å². The predicted molar refractivity (Wildman–Crippen MR) is 96.8 cm³/mol. The Bertz CT molecular complexity index is 677. The summed E-state index contributed by atoms with van der Waals surface area (Å²) in [7, 11) is 0. The molecule has 0 aromatic heterocycles. The molecule has 0 atom stereocenters. The smallest absolute Gasteiger partial charge is 0.234 e. The fourth-order valence-electron chi connectivity index (χ4n) is 1.69. The molecule has 2 aromatic carbocycles. The molecule has 0 aliphatic carbocycles. The molecule has 1 amide bonds. The Morgan fingerprint density at radius 2 is 2.00 bits per heavy atom. The van der Waals surface area contributed by atoms with Gasteiger partial charge in [0.15, 0.2) is 0 Å². The number of hydrogen-bond donors (Lipinski definition) is 2. The van der Waals surface area contributed by atoms with Crippen LogP contribution in [-0.4, -0.2) is 11.7 Å². The van der Waals surface area contributed by atoms with Crippen LogP contribution in [-0.2, 0) is 4.79 Å². The lowest BCUT2D eigenvalue weighted by Crippen LogP contribution is -2.14. The van der Waals surface area contributed by atoms with Gasteiger partial charge in [-0.3, -0.25) is 4.79 Å². The third-order valence-electron chi connectivity index (χ3n) is 2.78. The number of rotatable bonds is 4. The highest BCUT2D eigenvalue weighted by atomic mass is 79.9. The van der Waals surface area contributed by atoms with E-state index in [0.717, 1.165) is 25.1 Å². The number of nitrogens with two attached hydrogens (primary N) is 1. The van der Waals surface area contributed by atoms with E-state index in [4.69, 9.17) is 5.73 Å². The van der Waals surface area contributed by atoms with E-state index in [2.05, 4.69) is 37.2 Å². The van der Waals surface area contributed by atoms with Crippen molar-refractivity contribution in [2.45, 2.75) is 11.8 Å². The number of nitrogen functional groups attached to an aromatic ring is 1. The highest BCUT2D eigenvalue weighted by Crippen LogP contribution is 2.27. The second-order valence-corrected chi connectivity index (χ2v) is 7.27. The summed E-state index contributed by atoms with van der Waals surface area (Å²) in [5, 5.41) is 2.88. The Morgan fingerprint density at radius 1 is 1.24 bits per heavy atom. The van der Waals surface area contributed by atoms with Crippen molar-refractivity contribution in [1.82, 2.24) is 0 Å². The summed E-state index contributed by atoms with van der Waals surface area (Å²) in [6.07, 6.45) is 0. The SMILES string of the molecule is Cc1ccc(N)cc1SCC(=O)Nc1ccc(Br)cc1Br. The van der Waals surface area contributed by atoms with Crippen molar-refractivity contribution in [2.75, 3.05) is 16.8 Å². The molecule has 21 heavy (non-hydrogen) atoms. The van der Waals surface area contributed by atoms with Gasteiger partial charge in [0.05, 0.1) is 11.4 Å². The normalized spacial score (nSPS) is 10.4. The van der Waals surface area contributed by atoms with Crippen LogP contribution in [0.5, 0.6) is 0 Å². The third-order valence-corrected chi connectivity index (χ3v) is 5.08. The first-order valence-electron chi connectivity index (χ1n) is 6.19. The van der Waals surface area contributed by atoms with Gasteiger partial charge in [0.1, 0.15) is 0 Å². The van der Waals surface area contributed by atoms with E-state index in [1.807, 2.05) is 43.3 Å². The summed E-state index contributed by atoms with van der Waals surface area (Å²) in [4.78, 5) is 13.1. The molecule has 0 unspecified atom stereocenters. The first kappa shape index (κ1) is 16.4. The van der Waals surface area contributed by atoms with Gasteiger partial charge in [-0.2, -0.15) is 0 Å². The number of aryl methyl sites for hydroxylation is 1. The Balaban J connectivity index is 1.97. The molecular formula is C15H14Br2N2OS. The van der Waals surface area contributed by atoms with E-state index >= 15 is 0 Å². The number of carbonyl (C=O) groups is 1. The van der Waals surface area contributed by atoms with Crippen molar-refractivity contribution in [3.63, 3.8) is 0 Å². The number of benzene rings is 2. The highest BCUT2D eigenvalue weighted by Gasteiger charge is 2.08. The summed E-state index contributed by atoms with van der Waals surface area (Å²) < 4.78 is 1.80. The fraction of sp³-hybridized carbons (Fsp3) is 0.133. The van der Waals surface area contributed by atoms with E-state index in [-0.39, 0.29) is 5.91 Å². The Morgan fingerprint density at radius 3 is 2.71 bits per heavy atom. The van der Waals surface area contributed by atoms with Crippen LogP contribution in [0.15, 0.2) is 50.2 Å². The molecule has 0 aliphatic rings. The predicted octanol–water partition coefficient (Wildman–Crippen LogP) is 4.83. The highest BCUT2D eigenvalue weighted by molar-refractivity contribution is 9.11. The van der Waals surface area contributed by atoms with Gasteiger partial charge in [0.2, 0.25) is 5.91 Å². The topological polar surface area (TPSA) is 55.1 Å². The summed E-state index contributed by atoms with van der Waals surface area (Å²) in [6.45, 7) is 2.00. The maximum atomic E-state index is 12.0. The van der Waals surface area contributed by atoms with Crippen molar-refractivity contribution >= 4 is 60.9 Å².